The summed E-state index contributed by atoms with van der Waals surface area (Å²) in [4.78, 5) is 17.8. The van der Waals surface area contributed by atoms with Crippen molar-refractivity contribution < 1.29 is 4.79 Å². The van der Waals surface area contributed by atoms with Gasteiger partial charge in [0.05, 0.1) is 29.2 Å². The van der Waals surface area contributed by atoms with Crippen LogP contribution in [0.4, 0.5) is 5.69 Å². The van der Waals surface area contributed by atoms with Crippen LogP contribution in [-0.4, -0.2) is 23.4 Å². The van der Waals surface area contributed by atoms with E-state index in [0.717, 1.165) is 31.5 Å². The second kappa shape index (κ2) is 6.87. The van der Waals surface area contributed by atoms with Gasteiger partial charge in [0.1, 0.15) is 0 Å². The number of carbonyl (C=O) groups excluding carboxylic acids is 1. The van der Waals surface area contributed by atoms with Crippen molar-refractivity contribution in [3.05, 3.63) is 61.7 Å². The highest BCUT2D eigenvalue weighted by Gasteiger charge is 2.38. The van der Waals surface area contributed by atoms with Crippen LogP contribution in [0.2, 0.25) is 0 Å². The van der Waals surface area contributed by atoms with Gasteiger partial charge in [0.2, 0.25) is 5.91 Å². The van der Waals surface area contributed by atoms with E-state index in [1.807, 2.05) is 41.8 Å². The number of hydrogen-bond donors (Lipinski definition) is 0. The molecule has 0 bridgehead atoms. The van der Waals surface area contributed by atoms with Crippen molar-refractivity contribution in [1.82, 2.24) is 4.90 Å². The maximum atomic E-state index is 12.8. The molecule has 0 N–H and O–H groups in total. The largest absolute Gasteiger partial charge is 0.344 e. The van der Waals surface area contributed by atoms with Crippen molar-refractivity contribution in [2.24, 2.45) is 0 Å². The zero-order valence-electron chi connectivity index (χ0n) is 13.2. The summed E-state index contributed by atoms with van der Waals surface area (Å²) in [5, 5.41) is 12.5. The first-order chi connectivity index (χ1) is 12.2. The Morgan fingerprint density at radius 2 is 2.04 bits per heavy atom. The van der Waals surface area contributed by atoms with Crippen LogP contribution < -0.4 is 4.90 Å². The molecule has 0 saturated carbocycles. The zero-order chi connectivity index (χ0) is 17.4. The summed E-state index contributed by atoms with van der Waals surface area (Å²) in [5.74, 6) is 0.709. The molecule has 2 aliphatic heterocycles. The number of fused-ring (bicyclic) bond motifs is 1. The molecule has 1 saturated heterocycles. The minimum Gasteiger partial charge on any atom is -0.344 e. The van der Waals surface area contributed by atoms with Crippen LogP contribution in [0.1, 0.15) is 17.2 Å². The highest BCUT2D eigenvalue weighted by molar-refractivity contribution is 9.10. The summed E-state index contributed by atoms with van der Waals surface area (Å²) in [6, 6.07) is 14.4. The third kappa shape index (κ3) is 3.10. The number of benzene rings is 1. The van der Waals surface area contributed by atoms with Gasteiger partial charge < -0.3 is 4.90 Å². The lowest BCUT2D eigenvalue weighted by molar-refractivity contribution is -0.129. The third-order valence-electron chi connectivity index (χ3n) is 4.37. The first kappa shape index (κ1) is 16.7. The number of thioether (sulfide) groups is 1. The Kier molecular flexibility index (Phi) is 4.59. The number of allylic oxidation sites excluding steroid dienone is 1. The van der Waals surface area contributed by atoms with Crippen molar-refractivity contribution in [1.29, 1.82) is 5.26 Å². The Morgan fingerprint density at radius 3 is 2.72 bits per heavy atom. The summed E-state index contributed by atoms with van der Waals surface area (Å²) in [7, 11) is 0. The van der Waals surface area contributed by atoms with E-state index in [1.165, 1.54) is 0 Å². The van der Waals surface area contributed by atoms with E-state index < -0.39 is 0 Å². The molecule has 4 nitrogen and oxygen atoms in total. The summed E-state index contributed by atoms with van der Waals surface area (Å²) in [5.41, 5.74) is 1.80. The molecule has 7 heteroatoms. The molecule has 0 spiro atoms. The van der Waals surface area contributed by atoms with Crippen LogP contribution in [0.15, 0.2) is 56.9 Å². The lowest BCUT2D eigenvalue weighted by atomic mass is 9.92. The van der Waals surface area contributed by atoms with Crippen molar-refractivity contribution >= 4 is 50.6 Å². The van der Waals surface area contributed by atoms with Crippen LogP contribution >= 0.6 is 39.0 Å². The van der Waals surface area contributed by atoms with Gasteiger partial charge in [-0.1, -0.05) is 33.8 Å². The van der Waals surface area contributed by atoms with Crippen LogP contribution in [0.5, 0.6) is 0 Å². The number of rotatable bonds is 2. The van der Waals surface area contributed by atoms with Crippen LogP contribution in [-0.2, 0) is 4.79 Å². The Bertz CT molecular complexity index is 871. The smallest absolute Gasteiger partial charge is 0.229 e. The Morgan fingerprint density at radius 1 is 1.24 bits per heavy atom. The summed E-state index contributed by atoms with van der Waals surface area (Å²) in [6.07, 6.45) is 0.363. The number of thiophene rings is 1. The normalized spacial score (nSPS) is 20.5. The van der Waals surface area contributed by atoms with E-state index in [9.17, 15) is 10.1 Å². The fraction of sp³-hybridized carbons (Fsp3) is 0.222. The monoisotopic (exact) mass is 431 g/mol. The van der Waals surface area contributed by atoms with Gasteiger partial charge in [0, 0.05) is 27.4 Å². The van der Waals surface area contributed by atoms with E-state index in [4.69, 9.17) is 0 Å². The van der Waals surface area contributed by atoms with E-state index in [2.05, 4.69) is 26.9 Å². The molecule has 2 aliphatic rings. The number of hydrogen-bond acceptors (Lipinski definition) is 5. The van der Waals surface area contributed by atoms with Gasteiger partial charge in [-0.05, 0) is 35.7 Å². The van der Waals surface area contributed by atoms with E-state index >= 15 is 0 Å². The van der Waals surface area contributed by atoms with Gasteiger partial charge in [-0.2, -0.15) is 5.26 Å². The molecule has 126 valence electrons. The molecule has 2 aromatic rings. The van der Waals surface area contributed by atoms with Crippen molar-refractivity contribution in [3.8, 4) is 6.07 Å². The Labute approximate surface area is 162 Å². The van der Waals surface area contributed by atoms with Crippen LogP contribution in [0, 0.1) is 11.3 Å². The lowest BCUT2D eigenvalue weighted by Crippen LogP contribution is -2.47. The van der Waals surface area contributed by atoms with Gasteiger partial charge in [-0.3, -0.25) is 9.69 Å². The predicted molar refractivity (Wildman–Crippen MR) is 105 cm³/mol. The number of amides is 1. The van der Waals surface area contributed by atoms with Crippen molar-refractivity contribution in [3.63, 3.8) is 0 Å². The average Bonchev–Trinajstić information content (AvgIpc) is 3.16. The third-order valence-corrected chi connectivity index (χ3v) is 7.04. The number of nitriles is 1. The molecular formula is C18H14BrN3OS2. The molecule has 0 radical (unpaired) electrons. The molecule has 1 aromatic carbocycles. The Balaban J connectivity index is 1.65. The fourth-order valence-corrected chi connectivity index (χ4v) is 5.38. The first-order valence-electron chi connectivity index (χ1n) is 7.78. The lowest BCUT2D eigenvalue weighted by Gasteiger charge is -2.41. The summed E-state index contributed by atoms with van der Waals surface area (Å²) < 4.78 is 1.03. The van der Waals surface area contributed by atoms with E-state index in [1.54, 1.807) is 28.0 Å². The SMILES string of the molecule is N#CC1=C2SCN(c3ccc(Br)cc3)CN2C(=O)CC1c1cccs1. The van der Waals surface area contributed by atoms with Crippen molar-refractivity contribution in [2.75, 3.05) is 17.4 Å². The Hall–Kier alpha value is -1.75. The van der Waals surface area contributed by atoms with Gasteiger partial charge in [0.25, 0.3) is 0 Å². The first-order valence-corrected chi connectivity index (χ1v) is 10.4. The molecule has 1 atom stereocenters. The molecule has 3 heterocycles. The standard InChI is InChI=1S/C18H14BrN3OS2/c19-12-3-5-13(6-4-12)21-10-22-17(23)8-14(16-2-1-7-24-16)15(9-20)18(22)25-11-21/h1-7,14H,8,10-11H2. The molecule has 1 amide bonds. The number of anilines is 1. The maximum absolute atomic E-state index is 12.8. The van der Waals surface area contributed by atoms with Gasteiger partial charge in [-0.15, -0.1) is 11.3 Å². The molecule has 1 aromatic heterocycles. The maximum Gasteiger partial charge on any atom is 0.229 e. The molecule has 4 rings (SSSR count). The number of carbonyl (C=O) groups is 1. The highest BCUT2D eigenvalue weighted by atomic mass is 79.9. The van der Waals surface area contributed by atoms with Gasteiger partial charge in [0.15, 0.2) is 0 Å². The minimum absolute atomic E-state index is 0.0849. The molecule has 25 heavy (non-hydrogen) atoms. The minimum atomic E-state index is -0.101. The van der Waals surface area contributed by atoms with E-state index in [-0.39, 0.29) is 11.8 Å². The quantitative estimate of drug-likeness (QED) is 0.689. The van der Waals surface area contributed by atoms with Gasteiger partial charge >= 0.3 is 0 Å². The zero-order valence-corrected chi connectivity index (χ0v) is 16.4. The number of nitrogens with zero attached hydrogens (tertiary/aromatic N) is 3. The van der Waals surface area contributed by atoms with Crippen LogP contribution in [0.25, 0.3) is 0 Å². The van der Waals surface area contributed by atoms with Crippen LogP contribution in [0.3, 0.4) is 0 Å². The average molecular weight is 432 g/mol. The second-order valence-corrected chi connectivity index (χ2v) is 8.68. The second-order valence-electron chi connectivity index (χ2n) is 5.86. The summed E-state index contributed by atoms with van der Waals surface area (Å²) >= 11 is 6.63. The highest BCUT2D eigenvalue weighted by Crippen LogP contribution is 2.44. The number of halogens is 1. The van der Waals surface area contributed by atoms with E-state index in [0.29, 0.717) is 13.1 Å². The topological polar surface area (TPSA) is 47.3 Å². The molecule has 0 aliphatic carbocycles. The van der Waals surface area contributed by atoms with Crippen molar-refractivity contribution in [2.45, 2.75) is 12.3 Å². The molecule has 1 fully saturated rings. The molecule has 1 unspecified atom stereocenters. The predicted octanol–water partition coefficient (Wildman–Crippen LogP) is 4.73. The molecular weight excluding hydrogens is 418 g/mol. The van der Waals surface area contributed by atoms with Gasteiger partial charge in [-0.25, -0.2) is 0 Å². The fourth-order valence-electron chi connectivity index (χ4n) is 3.11. The summed E-state index contributed by atoms with van der Waals surface area (Å²) in [6.45, 7) is 0.491.